The van der Waals surface area contributed by atoms with E-state index in [0.717, 1.165) is 13.1 Å². The fourth-order valence-corrected chi connectivity index (χ4v) is 0.707. The molecule has 0 aromatic carbocycles. The molecule has 0 atom stereocenters. The van der Waals surface area contributed by atoms with Crippen LogP contribution < -0.4 is 59.4 Å². The lowest BCUT2D eigenvalue weighted by atomic mass is 10.2. The van der Waals surface area contributed by atoms with E-state index in [4.69, 9.17) is 0 Å². The van der Waals surface area contributed by atoms with Crippen LogP contribution in [0.3, 0.4) is 0 Å². The normalized spacial score (nSPS) is 7.80. The number of rotatable bonds is 5. The summed E-state index contributed by atoms with van der Waals surface area (Å²) in [5.41, 5.74) is 7.54. The van der Waals surface area contributed by atoms with Crippen molar-refractivity contribution >= 4 is 0 Å². The van der Waals surface area contributed by atoms with Gasteiger partial charge in [0, 0.05) is 0 Å². The van der Waals surface area contributed by atoms with Gasteiger partial charge in [-0.25, -0.2) is 0 Å². The van der Waals surface area contributed by atoms with Crippen LogP contribution in [0.15, 0.2) is 0 Å². The van der Waals surface area contributed by atoms with Crippen LogP contribution in [0.1, 0.15) is 25.7 Å². The number of halogens is 2. The highest BCUT2D eigenvalue weighted by Crippen LogP contribution is 1.94. The molecule has 0 aliphatic rings. The standard InChI is InChI=1S/C6H16N2.2HI/c7-5-3-1-2-4-6-8;;/h1-8H2;2*1H. The molecule has 0 unspecified atom stereocenters. The van der Waals surface area contributed by atoms with Crippen LogP contribution in [0, 0.1) is 0 Å². The minimum absolute atomic E-state index is 0. The Balaban J connectivity index is -0.000000245. The maximum atomic E-state index is 3.77. The predicted octanol–water partition coefficient (Wildman–Crippen LogP) is -6.96. The van der Waals surface area contributed by atoms with Crippen molar-refractivity contribution in [2.75, 3.05) is 13.1 Å². The molecule has 4 heteroatoms. The average molecular weight is 372 g/mol. The highest BCUT2D eigenvalue weighted by molar-refractivity contribution is 4.38. The van der Waals surface area contributed by atoms with Gasteiger partial charge in [0.25, 0.3) is 0 Å². The number of unbranched alkanes of at least 4 members (excludes halogenated alkanes) is 3. The fraction of sp³-hybridized carbons (Fsp3) is 1.00. The molecule has 0 fully saturated rings. The first-order valence-electron chi connectivity index (χ1n) is 3.50. The quantitative estimate of drug-likeness (QED) is 0.356. The highest BCUT2D eigenvalue weighted by Gasteiger charge is 1.86. The highest BCUT2D eigenvalue weighted by atomic mass is 127. The third-order valence-electron chi connectivity index (χ3n) is 1.25. The molecule has 0 aliphatic carbocycles. The van der Waals surface area contributed by atoms with Crippen molar-refractivity contribution < 1.29 is 59.4 Å². The smallest absolute Gasteiger partial charge is 0.0739 e. The topological polar surface area (TPSA) is 55.3 Å². The van der Waals surface area contributed by atoms with E-state index in [0.29, 0.717) is 0 Å². The van der Waals surface area contributed by atoms with E-state index in [9.17, 15) is 0 Å². The summed E-state index contributed by atoms with van der Waals surface area (Å²) in [6, 6.07) is 0. The first-order chi connectivity index (χ1) is 3.91. The summed E-state index contributed by atoms with van der Waals surface area (Å²) in [6.07, 6.45) is 5.28. The van der Waals surface area contributed by atoms with Gasteiger partial charge in [0.15, 0.2) is 0 Å². The molecule has 0 heterocycles. The Labute approximate surface area is 97.5 Å². The molecule has 2 nitrogen and oxygen atoms in total. The van der Waals surface area contributed by atoms with Gasteiger partial charge in [0.2, 0.25) is 0 Å². The Morgan fingerprint density at radius 3 is 1.10 bits per heavy atom. The van der Waals surface area contributed by atoms with Gasteiger partial charge in [0.05, 0.1) is 13.1 Å². The second-order valence-corrected chi connectivity index (χ2v) is 2.12. The SMILES string of the molecule is [I-].[I-].[NH3+]CCCCCC[NH3+]. The molecule has 10 heavy (non-hydrogen) atoms. The van der Waals surface area contributed by atoms with Gasteiger partial charge >= 0.3 is 0 Å². The summed E-state index contributed by atoms with van der Waals surface area (Å²) in [6.45, 7) is 2.19. The van der Waals surface area contributed by atoms with Gasteiger partial charge in [0.1, 0.15) is 0 Å². The third kappa shape index (κ3) is 16.2. The molecule has 0 aliphatic heterocycles. The molecule has 0 bridgehead atoms. The molecule has 0 saturated heterocycles. The third-order valence-corrected chi connectivity index (χ3v) is 1.25. The predicted molar refractivity (Wildman–Crippen MR) is 34.0 cm³/mol. The molecule has 0 radical (unpaired) electrons. The molecule has 0 amide bonds. The van der Waals surface area contributed by atoms with Crippen LogP contribution >= 0.6 is 0 Å². The van der Waals surface area contributed by atoms with Gasteiger partial charge in [-0.15, -0.1) is 0 Å². The van der Waals surface area contributed by atoms with Gasteiger partial charge in [-0.1, -0.05) is 0 Å². The van der Waals surface area contributed by atoms with Crippen molar-refractivity contribution in [3.05, 3.63) is 0 Å². The first kappa shape index (κ1) is 17.5. The molecule has 0 spiro atoms. The van der Waals surface area contributed by atoms with Crippen molar-refractivity contribution in [3.63, 3.8) is 0 Å². The Morgan fingerprint density at radius 2 is 0.900 bits per heavy atom. The van der Waals surface area contributed by atoms with Crippen LogP contribution in [-0.2, 0) is 0 Å². The largest absolute Gasteiger partial charge is 1.00 e. The monoisotopic (exact) mass is 372 g/mol. The van der Waals surface area contributed by atoms with Crippen molar-refractivity contribution in [2.24, 2.45) is 0 Å². The summed E-state index contributed by atoms with van der Waals surface area (Å²) in [5, 5.41) is 0. The Bertz CT molecular complexity index is 38.7. The molecule has 0 aromatic heterocycles. The minimum atomic E-state index is 0. The summed E-state index contributed by atoms with van der Waals surface area (Å²) in [4.78, 5) is 0. The average Bonchev–Trinajstić information content (AvgIpc) is 1.81. The van der Waals surface area contributed by atoms with Gasteiger partial charge in [-0.2, -0.15) is 0 Å². The molecule has 66 valence electrons. The molecular formula is C6H18I2N2. The zero-order valence-electron chi connectivity index (χ0n) is 6.41. The van der Waals surface area contributed by atoms with E-state index >= 15 is 0 Å². The number of hydrogen-bond acceptors (Lipinski definition) is 0. The van der Waals surface area contributed by atoms with Crippen molar-refractivity contribution in [1.29, 1.82) is 0 Å². The number of quaternary nitrogens is 2. The van der Waals surface area contributed by atoms with Crippen LogP contribution in [-0.4, -0.2) is 13.1 Å². The Hall–Kier alpha value is 1.38. The van der Waals surface area contributed by atoms with Gasteiger partial charge < -0.3 is 59.4 Å². The van der Waals surface area contributed by atoms with Crippen LogP contribution in [0.2, 0.25) is 0 Å². The molecule has 6 N–H and O–H groups in total. The second-order valence-electron chi connectivity index (χ2n) is 2.12. The number of hydrogen-bond donors (Lipinski definition) is 2. The maximum Gasteiger partial charge on any atom is 0.0739 e. The van der Waals surface area contributed by atoms with Crippen LogP contribution in [0.25, 0.3) is 0 Å². The summed E-state index contributed by atoms with van der Waals surface area (Å²) in [5.74, 6) is 0. The molecule has 0 saturated carbocycles. The molecule has 0 rings (SSSR count). The van der Waals surface area contributed by atoms with E-state index in [2.05, 4.69) is 11.5 Å². The van der Waals surface area contributed by atoms with E-state index < -0.39 is 0 Å². The van der Waals surface area contributed by atoms with Crippen molar-refractivity contribution in [3.8, 4) is 0 Å². The van der Waals surface area contributed by atoms with Gasteiger partial charge in [-0.3, -0.25) is 0 Å². The lowest BCUT2D eigenvalue weighted by molar-refractivity contribution is -0.371. The van der Waals surface area contributed by atoms with Gasteiger partial charge in [-0.05, 0) is 25.7 Å². The summed E-state index contributed by atoms with van der Waals surface area (Å²) in [7, 11) is 0. The maximum absolute atomic E-state index is 3.77. The van der Waals surface area contributed by atoms with E-state index in [1.54, 1.807) is 0 Å². The zero-order valence-corrected chi connectivity index (χ0v) is 10.7. The second kappa shape index (κ2) is 16.8. The summed E-state index contributed by atoms with van der Waals surface area (Å²) < 4.78 is 0. The molecular weight excluding hydrogens is 354 g/mol. The summed E-state index contributed by atoms with van der Waals surface area (Å²) >= 11 is 0. The van der Waals surface area contributed by atoms with Crippen LogP contribution in [0.4, 0.5) is 0 Å². The van der Waals surface area contributed by atoms with E-state index in [1.807, 2.05) is 0 Å². The van der Waals surface area contributed by atoms with E-state index in [1.165, 1.54) is 25.7 Å². The van der Waals surface area contributed by atoms with Crippen molar-refractivity contribution in [2.45, 2.75) is 25.7 Å². The lowest BCUT2D eigenvalue weighted by Crippen LogP contribution is -3.00. The zero-order chi connectivity index (χ0) is 6.24. The fourth-order valence-electron chi connectivity index (χ4n) is 0.707. The Morgan fingerprint density at radius 1 is 0.600 bits per heavy atom. The van der Waals surface area contributed by atoms with E-state index in [-0.39, 0.29) is 48.0 Å². The molecule has 0 aromatic rings. The van der Waals surface area contributed by atoms with Crippen LogP contribution in [0.5, 0.6) is 0 Å². The van der Waals surface area contributed by atoms with Crippen molar-refractivity contribution in [1.82, 2.24) is 0 Å². The first-order valence-corrected chi connectivity index (χ1v) is 3.50. The Kier molecular flexibility index (Phi) is 29.3. The lowest BCUT2D eigenvalue weighted by Gasteiger charge is -1.91. The minimum Gasteiger partial charge on any atom is -1.00 e.